The van der Waals surface area contributed by atoms with Crippen molar-refractivity contribution in [2.45, 2.75) is 31.5 Å². The molecule has 11 heavy (non-hydrogen) atoms. The van der Waals surface area contributed by atoms with Crippen molar-refractivity contribution in [3.8, 4) is 0 Å². The molecule has 1 heterocycles. The van der Waals surface area contributed by atoms with Gasteiger partial charge in [0.15, 0.2) is 0 Å². The highest BCUT2D eigenvalue weighted by molar-refractivity contribution is 4.87. The SMILES string of the molecule is COC[C@]1(O)CCCO[C@@H]1C. The molecule has 0 amide bonds. The average molecular weight is 160 g/mol. The molecule has 1 saturated heterocycles. The van der Waals surface area contributed by atoms with E-state index in [0.29, 0.717) is 6.61 Å². The zero-order chi connectivity index (χ0) is 8.32. The smallest absolute Gasteiger partial charge is 0.114 e. The zero-order valence-corrected chi connectivity index (χ0v) is 7.17. The Morgan fingerprint density at radius 1 is 1.73 bits per heavy atom. The van der Waals surface area contributed by atoms with Gasteiger partial charge in [-0.3, -0.25) is 0 Å². The molecular formula is C8H16O3. The van der Waals surface area contributed by atoms with Gasteiger partial charge in [-0.2, -0.15) is 0 Å². The molecule has 1 aliphatic heterocycles. The van der Waals surface area contributed by atoms with Crippen LogP contribution in [0.5, 0.6) is 0 Å². The van der Waals surface area contributed by atoms with Gasteiger partial charge in [0, 0.05) is 13.7 Å². The quantitative estimate of drug-likeness (QED) is 0.641. The number of hydrogen-bond donors (Lipinski definition) is 1. The van der Waals surface area contributed by atoms with Crippen molar-refractivity contribution in [1.29, 1.82) is 0 Å². The molecule has 0 spiro atoms. The predicted molar refractivity (Wildman–Crippen MR) is 41.5 cm³/mol. The van der Waals surface area contributed by atoms with Gasteiger partial charge in [-0.1, -0.05) is 0 Å². The molecule has 1 fully saturated rings. The van der Waals surface area contributed by atoms with Gasteiger partial charge in [0.05, 0.1) is 12.7 Å². The summed E-state index contributed by atoms with van der Waals surface area (Å²) in [5.41, 5.74) is -0.757. The van der Waals surface area contributed by atoms with Gasteiger partial charge in [-0.25, -0.2) is 0 Å². The Balaban J connectivity index is 2.49. The fraction of sp³-hybridized carbons (Fsp3) is 1.00. The van der Waals surface area contributed by atoms with Crippen LogP contribution in [0.25, 0.3) is 0 Å². The van der Waals surface area contributed by atoms with Gasteiger partial charge >= 0.3 is 0 Å². The van der Waals surface area contributed by atoms with Crippen LogP contribution in [-0.2, 0) is 9.47 Å². The van der Waals surface area contributed by atoms with E-state index in [9.17, 15) is 5.11 Å². The predicted octanol–water partition coefficient (Wildman–Crippen LogP) is 0.563. The normalized spacial score (nSPS) is 39.0. The summed E-state index contributed by atoms with van der Waals surface area (Å²) in [6.45, 7) is 3.01. The van der Waals surface area contributed by atoms with Crippen molar-refractivity contribution in [2.75, 3.05) is 20.3 Å². The number of rotatable bonds is 2. The lowest BCUT2D eigenvalue weighted by Crippen LogP contribution is -2.49. The molecule has 66 valence electrons. The van der Waals surface area contributed by atoms with E-state index < -0.39 is 5.60 Å². The molecule has 0 aliphatic carbocycles. The molecule has 1 rings (SSSR count). The maximum Gasteiger partial charge on any atom is 0.114 e. The topological polar surface area (TPSA) is 38.7 Å². The molecule has 0 aromatic rings. The van der Waals surface area contributed by atoms with Crippen LogP contribution in [0.3, 0.4) is 0 Å². The third-order valence-electron chi connectivity index (χ3n) is 2.27. The van der Waals surface area contributed by atoms with E-state index in [2.05, 4.69) is 0 Å². The molecule has 0 aromatic carbocycles. The summed E-state index contributed by atoms with van der Waals surface area (Å²) in [5.74, 6) is 0. The summed E-state index contributed by atoms with van der Waals surface area (Å²) >= 11 is 0. The van der Waals surface area contributed by atoms with Crippen molar-refractivity contribution in [3.63, 3.8) is 0 Å². The van der Waals surface area contributed by atoms with E-state index in [1.54, 1.807) is 7.11 Å². The van der Waals surface area contributed by atoms with Gasteiger partial charge in [-0.15, -0.1) is 0 Å². The van der Waals surface area contributed by atoms with E-state index in [1.807, 2.05) is 6.92 Å². The van der Waals surface area contributed by atoms with Crippen LogP contribution in [0.2, 0.25) is 0 Å². The highest BCUT2D eigenvalue weighted by Gasteiger charge is 2.36. The van der Waals surface area contributed by atoms with Crippen LogP contribution in [0.1, 0.15) is 19.8 Å². The molecule has 0 saturated carbocycles. The maximum atomic E-state index is 9.89. The number of ether oxygens (including phenoxy) is 2. The Kier molecular flexibility index (Phi) is 2.87. The summed E-state index contributed by atoms with van der Waals surface area (Å²) in [6.07, 6.45) is 1.60. The first-order chi connectivity index (χ1) is 5.19. The van der Waals surface area contributed by atoms with Crippen LogP contribution < -0.4 is 0 Å². The fourth-order valence-electron chi connectivity index (χ4n) is 1.44. The number of hydrogen-bond acceptors (Lipinski definition) is 3. The first-order valence-corrected chi connectivity index (χ1v) is 4.02. The largest absolute Gasteiger partial charge is 0.385 e. The number of methoxy groups -OCH3 is 1. The lowest BCUT2D eigenvalue weighted by Gasteiger charge is -2.37. The minimum atomic E-state index is -0.757. The molecule has 2 atom stereocenters. The van der Waals surface area contributed by atoms with E-state index in [1.165, 1.54) is 0 Å². The average Bonchev–Trinajstić information content (AvgIpc) is 1.96. The van der Waals surface area contributed by atoms with Crippen LogP contribution in [0.15, 0.2) is 0 Å². The lowest BCUT2D eigenvalue weighted by atomic mass is 9.91. The minimum Gasteiger partial charge on any atom is -0.385 e. The Morgan fingerprint density at radius 3 is 3.00 bits per heavy atom. The van der Waals surface area contributed by atoms with Gasteiger partial charge in [-0.05, 0) is 19.8 Å². The van der Waals surface area contributed by atoms with Crippen molar-refractivity contribution in [2.24, 2.45) is 0 Å². The van der Waals surface area contributed by atoms with Crippen LogP contribution in [-0.4, -0.2) is 37.1 Å². The molecule has 1 aliphatic rings. The summed E-state index contributed by atoms with van der Waals surface area (Å²) in [7, 11) is 1.60. The first kappa shape index (κ1) is 8.97. The Morgan fingerprint density at radius 2 is 2.45 bits per heavy atom. The first-order valence-electron chi connectivity index (χ1n) is 4.02. The molecule has 1 N–H and O–H groups in total. The maximum absolute atomic E-state index is 9.89. The molecule has 0 bridgehead atoms. The highest BCUT2D eigenvalue weighted by Crippen LogP contribution is 2.25. The molecule has 3 heteroatoms. The second-order valence-electron chi connectivity index (χ2n) is 3.15. The zero-order valence-electron chi connectivity index (χ0n) is 7.17. The third-order valence-corrected chi connectivity index (χ3v) is 2.27. The molecule has 0 aromatic heterocycles. The van der Waals surface area contributed by atoms with Crippen molar-refractivity contribution >= 4 is 0 Å². The minimum absolute atomic E-state index is 0.101. The van der Waals surface area contributed by atoms with Crippen LogP contribution >= 0.6 is 0 Å². The second-order valence-corrected chi connectivity index (χ2v) is 3.15. The molecule has 3 nitrogen and oxygen atoms in total. The van der Waals surface area contributed by atoms with E-state index in [4.69, 9.17) is 9.47 Å². The summed E-state index contributed by atoms with van der Waals surface area (Å²) in [5, 5.41) is 9.89. The van der Waals surface area contributed by atoms with Crippen LogP contribution in [0.4, 0.5) is 0 Å². The molecule has 0 unspecified atom stereocenters. The van der Waals surface area contributed by atoms with Crippen LogP contribution in [0, 0.1) is 0 Å². The van der Waals surface area contributed by atoms with Gasteiger partial charge in [0.1, 0.15) is 5.60 Å². The second kappa shape index (κ2) is 3.52. The monoisotopic (exact) mass is 160 g/mol. The van der Waals surface area contributed by atoms with Crippen molar-refractivity contribution in [3.05, 3.63) is 0 Å². The molecular weight excluding hydrogens is 144 g/mol. The van der Waals surface area contributed by atoms with E-state index >= 15 is 0 Å². The number of aliphatic hydroxyl groups is 1. The Bertz CT molecular complexity index is 123. The fourth-order valence-corrected chi connectivity index (χ4v) is 1.44. The van der Waals surface area contributed by atoms with Gasteiger partial charge < -0.3 is 14.6 Å². The van der Waals surface area contributed by atoms with Gasteiger partial charge in [0.25, 0.3) is 0 Å². The summed E-state index contributed by atoms with van der Waals surface area (Å²) < 4.78 is 10.2. The Labute approximate surface area is 67.3 Å². The lowest BCUT2D eigenvalue weighted by molar-refractivity contribution is -0.161. The molecule has 0 radical (unpaired) electrons. The summed E-state index contributed by atoms with van der Waals surface area (Å²) in [6, 6.07) is 0. The third kappa shape index (κ3) is 1.92. The van der Waals surface area contributed by atoms with Crippen molar-refractivity contribution in [1.82, 2.24) is 0 Å². The summed E-state index contributed by atoms with van der Waals surface area (Å²) in [4.78, 5) is 0. The van der Waals surface area contributed by atoms with Crippen molar-refractivity contribution < 1.29 is 14.6 Å². The highest BCUT2D eigenvalue weighted by atomic mass is 16.5. The van der Waals surface area contributed by atoms with E-state index in [0.717, 1.165) is 19.4 Å². The standard InChI is InChI=1S/C8H16O3/c1-7-8(9,6-10-2)4-3-5-11-7/h7,9H,3-6H2,1-2H3/t7-,8-/m1/s1. The van der Waals surface area contributed by atoms with Gasteiger partial charge in [0.2, 0.25) is 0 Å². The Hall–Kier alpha value is -0.120. The van der Waals surface area contributed by atoms with E-state index in [-0.39, 0.29) is 6.10 Å².